The van der Waals surface area contributed by atoms with Crippen LogP contribution in [-0.4, -0.2) is 16.9 Å². The lowest BCUT2D eigenvalue weighted by Gasteiger charge is -2.03. The number of benzene rings is 1. The van der Waals surface area contributed by atoms with Crippen molar-refractivity contribution in [1.29, 1.82) is 0 Å². The maximum atomic E-state index is 13.6. The van der Waals surface area contributed by atoms with Gasteiger partial charge in [0, 0.05) is 10.9 Å². The highest BCUT2D eigenvalue weighted by Crippen LogP contribution is 2.26. The highest BCUT2D eigenvalue weighted by molar-refractivity contribution is 7.04. The normalized spacial score (nSPS) is 10.2. The topological polar surface area (TPSA) is 39.2 Å². The summed E-state index contributed by atoms with van der Waals surface area (Å²) in [6.07, 6.45) is 0. The summed E-state index contributed by atoms with van der Waals surface area (Å²) in [4.78, 5) is 11.6. The van der Waals surface area contributed by atoms with Gasteiger partial charge in [0.2, 0.25) is 0 Å². The summed E-state index contributed by atoms with van der Waals surface area (Å²) in [6, 6.07) is 6.22. The molecule has 0 saturated heterocycles. The van der Waals surface area contributed by atoms with Crippen LogP contribution < -0.4 is 0 Å². The number of halogens is 1. The summed E-state index contributed by atoms with van der Waals surface area (Å²) >= 11 is 1.11. The fourth-order valence-electron chi connectivity index (χ4n) is 1.44. The number of carbonyl (C=O) groups excluding carboxylic acids is 1. The third kappa shape index (κ3) is 2.34. The highest BCUT2D eigenvalue weighted by atomic mass is 32.1. The molecule has 0 aliphatic rings. The van der Waals surface area contributed by atoms with Gasteiger partial charge in [-0.25, -0.2) is 9.18 Å². The number of esters is 1. The molecule has 0 saturated carbocycles. The van der Waals surface area contributed by atoms with E-state index in [0.717, 1.165) is 11.5 Å². The van der Waals surface area contributed by atoms with E-state index >= 15 is 0 Å². The Kier molecular flexibility index (Phi) is 3.49. The summed E-state index contributed by atoms with van der Waals surface area (Å²) in [5.74, 6) is -0.872. The number of aromatic nitrogens is 1. The van der Waals surface area contributed by atoms with Gasteiger partial charge in [0.15, 0.2) is 0 Å². The molecule has 1 aromatic heterocycles. The second-order valence-electron chi connectivity index (χ2n) is 3.28. The number of hydrogen-bond acceptors (Lipinski definition) is 4. The molecular formula is C12H10FNO2S. The minimum atomic E-state index is -0.473. The maximum Gasteiger partial charge on any atom is 0.341 e. The standard InChI is InChI=1S/C12H10FNO2S/c1-2-16-12(15)9-7-17-14-11(9)8-5-3-4-6-10(8)13/h3-7H,2H2,1H3. The van der Waals surface area contributed by atoms with Crippen molar-refractivity contribution in [2.75, 3.05) is 6.61 Å². The predicted molar refractivity (Wildman–Crippen MR) is 63.5 cm³/mol. The third-order valence-corrected chi connectivity index (χ3v) is 2.82. The van der Waals surface area contributed by atoms with Gasteiger partial charge >= 0.3 is 5.97 Å². The Balaban J connectivity index is 2.44. The second-order valence-corrected chi connectivity index (χ2v) is 3.91. The van der Waals surface area contributed by atoms with Gasteiger partial charge in [-0.2, -0.15) is 4.37 Å². The van der Waals surface area contributed by atoms with Crippen LogP contribution in [0.1, 0.15) is 17.3 Å². The zero-order chi connectivity index (χ0) is 12.3. The third-order valence-electron chi connectivity index (χ3n) is 2.19. The van der Waals surface area contributed by atoms with Crippen LogP contribution in [0.5, 0.6) is 0 Å². The van der Waals surface area contributed by atoms with E-state index < -0.39 is 11.8 Å². The SMILES string of the molecule is CCOC(=O)c1csnc1-c1ccccc1F. The molecule has 2 rings (SSSR count). The molecular weight excluding hydrogens is 241 g/mol. The van der Waals surface area contributed by atoms with Gasteiger partial charge in [-0.1, -0.05) is 12.1 Å². The van der Waals surface area contributed by atoms with Crippen molar-refractivity contribution in [3.63, 3.8) is 0 Å². The van der Waals surface area contributed by atoms with Crippen LogP contribution in [0.15, 0.2) is 29.6 Å². The van der Waals surface area contributed by atoms with Gasteiger partial charge in [-0.15, -0.1) is 0 Å². The molecule has 88 valence electrons. The van der Waals surface area contributed by atoms with E-state index in [9.17, 15) is 9.18 Å². The Morgan fingerprint density at radius 1 is 1.47 bits per heavy atom. The molecule has 0 bridgehead atoms. The lowest BCUT2D eigenvalue weighted by atomic mass is 10.1. The smallest absolute Gasteiger partial charge is 0.341 e. The van der Waals surface area contributed by atoms with E-state index in [1.807, 2.05) is 0 Å². The molecule has 0 spiro atoms. The molecule has 0 atom stereocenters. The molecule has 0 N–H and O–H groups in total. The number of hydrogen-bond donors (Lipinski definition) is 0. The minimum Gasteiger partial charge on any atom is -0.462 e. The van der Waals surface area contributed by atoms with Gasteiger partial charge in [-0.05, 0) is 30.6 Å². The van der Waals surface area contributed by atoms with Crippen LogP contribution in [0.4, 0.5) is 4.39 Å². The molecule has 0 fully saturated rings. The molecule has 3 nitrogen and oxygen atoms in total. The first kappa shape index (κ1) is 11.7. The van der Waals surface area contributed by atoms with E-state index in [-0.39, 0.29) is 6.61 Å². The molecule has 17 heavy (non-hydrogen) atoms. The summed E-state index contributed by atoms with van der Waals surface area (Å²) in [5, 5.41) is 1.57. The van der Waals surface area contributed by atoms with Gasteiger partial charge in [0.1, 0.15) is 11.5 Å². The number of rotatable bonds is 3. The molecule has 0 aliphatic heterocycles. The van der Waals surface area contributed by atoms with Crippen LogP contribution in [0.2, 0.25) is 0 Å². The molecule has 0 unspecified atom stereocenters. The second kappa shape index (κ2) is 5.05. The van der Waals surface area contributed by atoms with E-state index in [1.54, 1.807) is 30.5 Å². The molecule has 1 aromatic carbocycles. The van der Waals surface area contributed by atoms with Crippen LogP contribution in [0.25, 0.3) is 11.3 Å². The van der Waals surface area contributed by atoms with Crippen LogP contribution >= 0.6 is 11.5 Å². The van der Waals surface area contributed by atoms with Crippen molar-refractivity contribution in [2.45, 2.75) is 6.92 Å². The predicted octanol–water partition coefficient (Wildman–Crippen LogP) is 3.13. The molecule has 5 heteroatoms. The molecule has 0 aliphatic carbocycles. The maximum absolute atomic E-state index is 13.6. The quantitative estimate of drug-likeness (QED) is 0.787. The first-order chi connectivity index (χ1) is 8.24. The summed E-state index contributed by atoms with van der Waals surface area (Å²) in [5.41, 5.74) is 0.963. The summed E-state index contributed by atoms with van der Waals surface area (Å²) < 4.78 is 22.5. The number of ether oxygens (including phenoxy) is 1. The largest absolute Gasteiger partial charge is 0.462 e. The fourth-order valence-corrected chi connectivity index (χ4v) is 2.11. The first-order valence-electron chi connectivity index (χ1n) is 5.10. The average molecular weight is 251 g/mol. The molecule has 0 amide bonds. The van der Waals surface area contributed by atoms with E-state index in [2.05, 4.69) is 4.37 Å². The van der Waals surface area contributed by atoms with Gasteiger partial charge < -0.3 is 4.74 Å². The van der Waals surface area contributed by atoms with Gasteiger partial charge in [0.05, 0.1) is 12.2 Å². The van der Waals surface area contributed by atoms with Crippen molar-refractivity contribution >= 4 is 17.5 Å². The minimum absolute atomic E-state index is 0.283. The van der Waals surface area contributed by atoms with Crippen LogP contribution in [-0.2, 0) is 4.74 Å². The van der Waals surface area contributed by atoms with Crippen molar-refractivity contribution in [3.05, 3.63) is 41.0 Å². The first-order valence-corrected chi connectivity index (χ1v) is 5.94. The van der Waals surface area contributed by atoms with Crippen molar-refractivity contribution in [3.8, 4) is 11.3 Å². The summed E-state index contributed by atoms with van der Waals surface area (Å²) in [6.45, 7) is 2.01. The van der Waals surface area contributed by atoms with Crippen molar-refractivity contribution in [2.24, 2.45) is 0 Å². The van der Waals surface area contributed by atoms with Crippen LogP contribution in [0, 0.1) is 5.82 Å². The number of nitrogens with zero attached hydrogens (tertiary/aromatic N) is 1. The van der Waals surface area contributed by atoms with Gasteiger partial charge in [-0.3, -0.25) is 0 Å². The Bertz CT molecular complexity index is 539. The summed E-state index contributed by atoms with van der Waals surface area (Å²) in [7, 11) is 0. The molecule has 1 heterocycles. The zero-order valence-electron chi connectivity index (χ0n) is 9.14. The lowest BCUT2D eigenvalue weighted by molar-refractivity contribution is 0.0527. The monoisotopic (exact) mass is 251 g/mol. The Morgan fingerprint density at radius 3 is 2.94 bits per heavy atom. The lowest BCUT2D eigenvalue weighted by Crippen LogP contribution is -2.05. The Labute approximate surface area is 102 Å². The van der Waals surface area contributed by atoms with Crippen molar-refractivity contribution < 1.29 is 13.9 Å². The number of carbonyl (C=O) groups is 1. The van der Waals surface area contributed by atoms with E-state index in [1.165, 1.54) is 6.07 Å². The van der Waals surface area contributed by atoms with E-state index in [0.29, 0.717) is 16.8 Å². The Morgan fingerprint density at radius 2 is 2.24 bits per heavy atom. The molecule has 0 radical (unpaired) electrons. The zero-order valence-corrected chi connectivity index (χ0v) is 9.96. The van der Waals surface area contributed by atoms with Gasteiger partial charge in [0.25, 0.3) is 0 Å². The highest BCUT2D eigenvalue weighted by Gasteiger charge is 2.18. The fraction of sp³-hybridized carbons (Fsp3) is 0.167. The van der Waals surface area contributed by atoms with Crippen LogP contribution in [0.3, 0.4) is 0 Å². The van der Waals surface area contributed by atoms with E-state index in [4.69, 9.17) is 4.74 Å². The molecule has 2 aromatic rings. The average Bonchev–Trinajstić information content (AvgIpc) is 2.79. The Hall–Kier alpha value is -1.75. The van der Waals surface area contributed by atoms with Crippen molar-refractivity contribution in [1.82, 2.24) is 4.37 Å².